The zero-order chi connectivity index (χ0) is 14.5. The largest absolute Gasteiger partial charge is 0.308 e. The Bertz CT molecular complexity index is 539. The van der Waals surface area contributed by atoms with Gasteiger partial charge in [0.15, 0.2) is 0 Å². The van der Waals surface area contributed by atoms with Gasteiger partial charge in [-0.15, -0.1) is 0 Å². The molecular formula is C13H19ClN6. The Morgan fingerprint density at radius 2 is 2.25 bits per heavy atom. The monoisotopic (exact) mass is 294 g/mol. The van der Waals surface area contributed by atoms with Crippen LogP contribution < -0.4 is 5.32 Å². The van der Waals surface area contributed by atoms with Gasteiger partial charge in [-0.25, -0.2) is 9.97 Å². The summed E-state index contributed by atoms with van der Waals surface area (Å²) in [5.41, 5.74) is 1.80. The first-order chi connectivity index (χ1) is 9.63. The van der Waals surface area contributed by atoms with Crippen LogP contribution in [-0.4, -0.2) is 52.3 Å². The normalized spacial score (nSPS) is 12.8. The van der Waals surface area contributed by atoms with Gasteiger partial charge in [0.2, 0.25) is 0 Å². The van der Waals surface area contributed by atoms with Gasteiger partial charge in [0, 0.05) is 12.7 Å². The number of rotatable bonds is 6. The predicted molar refractivity (Wildman–Crippen MR) is 78.7 cm³/mol. The number of nitrogens with one attached hydrogen (secondary N) is 1. The van der Waals surface area contributed by atoms with Crippen LogP contribution in [0.2, 0.25) is 5.02 Å². The molecule has 108 valence electrons. The molecule has 1 unspecified atom stereocenters. The number of aromatic nitrogens is 4. The van der Waals surface area contributed by atoms with Crippen LogP contribution in [0, 0.1) is 0 Å². The Kier molecular flexibility index (Phi) is 5.05. The van der Waals surface area contributed by atoms with Crippen molar-refractivity contribution in [3.8, 4) is 0 Å². The van der Waals surface area contributed by atoms with Gasteiger partial charge >= 0.3 is 0 Å². The molecule has 0 aliphatic heterocycles. The van der Waals surface area contributed by atoms with Gasteiger partial charge in [0.25, 0.3) is 0 Å². The highest BCUT2D eigenvalue weighted by molar-refractivity contribution is 6.31. The van der Waals surface area contributed by atoms with Gasteiger partial charge in [-0.1, -0.05) is 11.6 Å². The van der Waals surface area contributed by atoms with Crippen LogP contribution in [0.25, 0.3) is 0 Å². The zero-order valence-corrected chi connectivity index (χ0v) is 12.7. The molecule has 2 heterocycles. The summed E-state index contributed by atoms with van der Waals surface area (Å²) >= 11 is 6.30. The number of halogens is 1. The van der Waals surface area contributed by atoms with Gasteiger partial charge in [0.05, 0.1) is 35.2 Å². The summed E-state index contributed by atoms with van der Waals surface area (Å²) in [6.45, 7) is 1.67. The average molecular weight is 295 g/mol. The molecule has 0 aliphatic carbocycles. The summed E-state index contributed by atoms with van der Waals surface area (Å²) < 4.78 is 1.92. The molecule has 20 heavy (non-hydrogen) atoms. The van der Waals surface area contributed by atoms with Gasteiger partial charge in [-0.3, -0.25) is 4.68 Å². The fraction of sp³-hybridized carbons (Fsp3) is 0.462. The van der Waals surface area contributed by atoms with Crippen molar-refractivity contribution in [2.75, 3.05) is 27.7 Å². The second kappa shape index (κ2) is 6.78. The molecule has 6 nitrogen and oxygen atoms in total. The molecule has 0 fully saturated rings. The van der Waals surface area contributed by atoms with E-state index in [9.17, 15) is 0 Å². The lowest BCUT2D eigenvalue weighted by Gasteiger charge is -2.19. The van der Waals surface area contributed by atoms with Gasteiger partial charge in [-0.2, -0.15) is 5.10 Å². The average Bonchev–Trinajstić information content (AvgIpc) is 2.80. The van der Waals surface area contributed by atoms with Crippen molar-refractivity contribution in [2.45, 2.75) is 12.6 Å². The highest BCUT2D eigenvalue weighted by Crippen LogP contribution is 2.26. The van der Waals surface area contributed by atoms with Crippen LogP contribution in [0.1, 0.15) is 17.4 Å². The van der Waals surface area contributed by atoms with Crippen LogP contribution in [0.5, 0.6) is 0 Å². The summed E-state index contributed by atoms with van der Waals surface area (Å²) in [7, 11) is 5.95. The van der Waals surface area contributed by atoms with Crippen molar-refractivity contribution in [3.05, 3.63) is 41.2 Å². The molecule has 0 radical (unpaired) electrons. The number of likely N-dealkylation sites (N-methyl/N-ethyl adjacent to an activating group) is 1. The minimum absolute atomic E-state index is 0.102. The summed E-state index contributed by atoms with van der Waals surface area (Å²) in [4.78, 5) is 10.4. The van der Waals surface area contributed by atoms with E-state index in [-0.39, 0.29) is 6.04 Å². The van der Waals surface area contributed by atoms with Crippen LogP contribution in [0.4, 0.5) is 0 Å². The number of nitrogens with zero attached hydrogens (tertiary/aromatic N) is 5. The molecule has 0 spiro atoms. The van der Waals surface area contributed by atoms with E-state index < -0.39 is 0 Å². The van der Waals surface area contributed by atoms with Crippen molar-refractivity contribution < 1.29 is 0 Å². The Hall–Kier alpha value is -1.50. The molecule has 0 bridgehead atoms. The van der Waals surface area contributed by atoms with Crippen molar-refractivity contribution in [1.29, 1.82) is 0 Å². The Balaban J connectivity index is 2.32. The lowest BCUT2D eigenvalue weighted by atomic mass is 10.1. The minimum atomic E-state index is -0.102. The van der Waals surface area contributed by atoms with E-state index in [1.54, 1.807) is 12.4 Å². The standard InChI is InChI=1S/C13H19ClN6/c1-15-12(11-4-5-16-9-17-11)13-10(14)8-18-20(13)7-6-19(2)3/h4-5,8-9,12,15H,6-7H2,1-3H3. The van der Waals surface area contributed by atoms with Crippen LogP contribution in [0.3, 0.4) is 0 Å². The zero-order valence-electron chi connectivity index (χ0n) is 11.9. The molecule has 0 saturated carbocycles. The molecule has 7 heteroatoms. The van der Waals surface area contributed by atoms with Crippen molar-refractivity contribution in [1.82, 2.24) is 30.0 Å². The fourth-order valence-electron chi connectivity index (χ4n) is 2.03. The SMILES string of the molecule is CNC(c1ccncn1)c1c(Cl)cnn1CCN(C)C. The molecule has 2 rings (SSSR count). The van der Waals surface area contributed by atoms with E-state index in [1.165, 1.54) is 6.33 Å². The quantitative estimate of drug-likeness (QED) is 0.867. The number of hydrogen-bond donors (Lipinski definition) is 1. The van der Waals surface area contributed by atoms with Crippen LogP contribution >= 0.6 is 11.6 Å². The van der Waals surface area contributed by atoms with Crippen molar-refractivity contribution >= 4 is 11.6 Å². The summed E-state index contributed by atoms with van der Waals surface area (Å²) in [6, 6.07) is 1.77. The first kappa shape index (κ1) is 14.9. The molecular weight excluding hydrogens is 276 g/mol. The molecule has 0 aliphatic rings. The van der Waals surface area contributed by atoms with E-state index in [0.717, 1.165) is 24.5 Å². The van der Waals surface area contributed by atoms with Gasteiger partial charge in [-0.05, 0) is 27.2 Å². The second-order valence-corrected chi connectivity index (χ2v) is 5.17. The van der Waals surface area contributed by atoms with E-state index in [1.807, 2.05) is 31.9 Å². The van der Waals surface area contributed by atoms with Crippen LogP contribution in [0.15, 0.2) is 24.8 Å². The maximum Gasteiger partial charge on any atom is 0.115 e. The van der Waals surface area contributed by atoms with Gasteiger partial charge in [0.1, 0.15) is 6.33 Å². The Morgan fingerprint density at radius 1 is 1.45 bits per heavy atom. The van der Waals surface area contributed by atoms with E-state index >= 15 is 0 Å². The first-order valence-electron chi connectivity index (χ1n) is 6.42. The third-order valence-corrected chi connectivity index (χ3v) is 3.35. The smallest absolute Gasteiger partial charge is 0.115 e. The first-order valence-corrected chi connectivity index (χ1v) is 6.80. The minimum Gasteiger partial charge on any atom is -0.308 e. The molecule has 0 amide bonds. The molecule has 0 saturated heterocycles. The van der Waals surface area contributed by atoms with Crippen LogP contribution in [-0.2, 0) is 6.54 Å². The van der Waals surface area contributed by atoms with Gasteiger partial charge < -0.3 is 10.2 Å². The topological polar surface area (TPSA) is 58.9 Å². The van der Waals surface area contributed by atoms with E-state index in [2.05, 4.69) is 25.3 Å². The van der Waals surface area contributed by atoms with Crippen molar-refractivity contribution in [3.63, 3.8) is 0 Å². The molecule has 1 atom stereocenters. The summed E-state index contributed by atoms with van der Waals surface area (Å²) in [5, 5.41) is 8.24. The third-order valence-electron chi connectivity index (χ3n) is 3.05. The molecule has 0 aromatic carbocycles. The highest BCUT2D eigenvalue weighted by atomic mass is 35.5. The van der Waals surface area contributed by atoms with Crippen molar-refractivity contribution in [2.24, 2.45) is 0 Å². The Labute approximate surface area is 123 Å². The maximum atomic E-state index is 6.30. The van der Waals surface area contributed by atoms with E-state index in [0.29, 0.717) is 5.02 Å². The van der Waals surface area contributed by atoms with E-state index in [4.69, 9.17) is 11.6 Å². The highest BCUT2D eigenvalue weighted by Gasteiger charge is 2.21. The lowest BCUT2D eigenvalue weighted by molar-refractivity contribution is 0.366. The molecule has 2 aromatic rings. The third kappa shape index (κ3) is 3.33. The molecule has 2 aromatic heterocycles. The summed E-state index contributed by atoms with van der Waals surface area (Å²) in [5.74, 6) is 0. The predicted octanol–water partition coefficient (Wildman–Crippen LogP) is 1.20. The second-order valence-electron chi connectivity index (χ2n) is 4.76. The lowest BCUT2D eigenvalue weighted by Crippen LogP contribution is -2.26. The summed E-state index contributed by atoms with van der Waals surface area (Å²) in [6.07, 6.45) is 4.94. The fourth-order valence-corrected chi connectivity index (χ4v) is 2.28. The molecule has 1 N–H and O–H groups in total. The number of hydrogen-bond acceptors (Lipinski definition) is 5. The Morgan fingerprint density at radius 3 is 2.85 bits per heavy atom. The maximum absolute atomic E-state index is 6.30.